The Hall–Kier alpha value is -0.800. The summed E-state index contributed by atoms with van der Waals surface area (Å²) in [6.45, 7) is 0.744. The molecular weight excluding hydrogens is 266 g/mol. The Labute approximate surface area is 103 Å². The molecule has 1 aromatic carbocycles. The molecule has 0 saturated heterocycles. The summed E-state index contributed by atoms with van der Waals surface area (Å²) >= 11 is 3.50. The molecule has 2 N–H and O–H groups in total. The van der Waals surface area contributed by atoms with Crippen molar-refractivity contribution < 1.29 is 4.42 Å². The Balaban J connectivity index is 2.13. The molecule has 1 heterocycles. The number of furan rings is 1. The van der Waals surface area contributed by atoms with Crippen molar-refractivity contribution >= 4 is 26.9 Å². The molecule has 0 bridgehead atoms. The summed E-state index contributed by atoms with van der Waals surface area (Å²) in [6, 6.07) is 6.42. The standard InChI is InChI=1S/C13H14BrNO/c14-11-7-16-12-3-2-9(6-10(11)12)13(8-15)4-1-5-13/h2-3,6-7H,1,4-5,8,15H2. The van der Waals surface area contributed by atoms with Crippen LogP contribution in [0.25, 0.3) is 11.0 Å². The molecule has 0 radical (unpaired) electrons. The van der Waals surface area contributed by atoms with Gasteiger partial charge < -0.3 is 10.2 Å². The Morgan fingerprint density at radius 1 is 1.38 bits per heavy atom. The van der Waals surface area contributed by atoms with Gasteiger partial charge in [-0.1, -0.05) is 12.5 Å². The lowest BCUT2D eigenvalue weighted by Crippen LogP contribution is -2.41. The zero-order chi connectivity index (χ0) is 11.2. The molecule has 1 aliphatic rings. The van der Waals surface area contributed by atoms with E-state index in [1.807, 2.05) is 6.07 Å². The second-order valence-corrected chi connectivity index (χ2v) is 5.49. The van der Waals surface area contributed by atoms with E-state index in [9.17, 15) is 0 Å². The van der Waals surface area contributed by atoms with Gasteiger partial charge in [-0.2, -0.15) is 0 Å². The molecule has 1 fully saturated rings. The normalized spacial score (nSPS) is 18.6. The van der Waals surface area contributed by atoms with Crippen molar-refractivity contribution in [2.75, 3.05) is 6.54 Å². The number of halogens is 1. The second-order valence-electron chi connectivity index (χ2n) is 4.63. The van der Waals surface area contributed by atoms with Gasteiger partial charge in [-0.05, 0) is 46.5 Å². The summed E-state index contributed by atoms with van der Waals surface area (Å²) in [5.41, 5.74) is 8.44. The van der Waals surface area contributed by atoms with Crippen molar-refractivity contribution in [2.45, 2.75) is 24.7 Å². The van der Waals surface area contributed by atoms with E-state index in [-0.39, 0.29) is 5.41 Å². The fourth-order valence-electron chi connectivity index (χ4n) is 2.54. The fraction of sp³-hybridized carbons (Fsp3) is 0.385. The minimum absolute atomic E-state index is 0.227. The first-order valence-electron chi connectivity index (χ1n) is 5.62. The number of benzene rings is 1. The predicted molar refractivity (Wildman–Crippen MR) is 68.5 cm³/mol. The van der Waals surface area contributed by atoms with Crippen LogP contribution in [0.1, 0.15) is 24.8 Å². The van der Waals surface area contributed by atoms with E-state index in [4.69, 9.17) is 10.2 Å². The van der Waals surface area contributed by atoms with Gasteiger partial charge in [-0.3, -0.25) is 0 Å². The summed E-state index contributed by atoms with van der Waals surface area (Å²) in [7, 11) is 0. The maximum absolute atomic E-state index is 5.92. The van der Waals surface area contributed by atoms with Crippen LogP contribution in [0.15, 0.2) is 33.4 Å². The maximum Gasteiger partial charge on any atom is 0.135 e. The average Bonchev–Trinajstić information content (AvgIpc) is 2.60. The summed E-state index contributed by atoms with van der Waals surface area (Å²) in [6.07, 6.45) is 5.46. The van der Waals surface area contributed by atoms with Crippen LogP contribution in [0.2, 0.25) is 0 Å². The van der Waals surface area contributed by atoms with Crippen LogP contribution in [0, 0.1) is 0 Å². The number of hydrogen-bond donors (Lipinski definition) is 1. The topological polar surface area (TPSA) is 39.2 Å². The van der Waals surface area contributed by atoms with Gasteiger partial charge in [0.1, 0.15) is 11.8 Å². The number of rotatable bonds is 2. The van der Waals surface area contributed by atoms with Crippen molar-refractivity contribution in [3.8, 4) is 0 Å². The molecule has 2 aromatic rings. The van der Waals surface area contributed by atoms with Crippen LogP contribution in [0.5, 0.6) is 0 Å². The number of hydrogen-bond acceptors (Lipinski definition) is 2. The molecule has 3 rings (SSSR count). The van der Waals surface area contributed by atoms with E-state index >= 15 is 0 Å². The van der Waals surface area contributed by atoms with Crippen molar-refractivity contribution in [2.24, 2.45) is 5.73 Å². The van der Waals surface area contributed by atoms with Gasteiger partial charge in [0, 0.05) is 17.3 Å². The van der Waals surface area contributed by atoms with Crippen LogP contribution in [0.3, 0.4) is 0 Å². The summed E-state index contributed by atoms with van der Waals surface area (Å²) in [5.74, 6) is 0. The molecule has 1 saturated carbocycles. The van der Waals surface area contributed by atoms with Crippen LogP contribution in [-0.4, -0.2) is 6.54 Å². The smallest absolute Gasteiger partial charge is 0.135 e. The number of fused-ring (bicyclic) bond motifs is 1. The highest BCUT2D eigenvalue weighted by Gasteiger charge is 2.37. The highest BCUT2D eigenvalue weighted by atomic mass is 79.9. The van der Waals surface area contributed by atoms with Gasteiger partial charge >= 0.3 is 0 Å². The molecular formula is C13H14BrNO. The average molecular weight is 280 g/mol. The molecule has 0 spiro atoms. The molecule has 0 atom stereocenters. The van der Waals surface area contributed by atoms with E-state index in [2.05, 4.69) is 28.1 Å². The molecule has 16 heavy (non-hydrogen) atoms. The van der Waals surface area contributed by atoms with E-state index in [0.717, 1.165) is 22.0 Å². The Bertz CT molecular complexity index is 522. The lowest BCUT2D eigenvalue weighted by atomic mass is 9.64. The largest absolute Gasteiger partial charge is 0.463 e. The van der Waals surface area contributed by atoms with Crippen molar-refractivity contribution in [1.29, 1.82) is 0 Å². The first kappa shape index (κ1) is 10.4. The molecule has 1 aromatic heterocycles. The van der Waals surface area contributed by atoms with E-state index in [0.29, 0.717) is 0 Å². The lowest BCUT2D eigenvalue weighted by molar-refractivity contribution is 0.253. The second kappa shape index (κ2) is 3.60. The monoisotopic (exact) mass is 279 g/mol. The summed E-state index contributed by atoms with van der Waals surface area (Å²) < 4.78 is 6.45. The number of nitrogens with two attached hydrogens (primary N) is 1. The van der Waals surface area contributed by atoms with Crippen molar-refractivity contribution in [3.63, 3.8) is 0 Å². The van der Waals surface area contributed by atoms with Crippen LogP contribution < -0.4 is 5.73 Å². The van der Waals surface area contributed by atoms with Crippen molar-refractivity contribution in [1.82, 2.24) is 0 Å². The van der Waals surface area contributed by atoms with Gasteiger partial charge in [0.15, 0.2) is 0 Å². The predicted octanol–water partition coefficient (Wildman–Crippen LogP) is 3.58. The minimum atomic E-state index is 0.227. The molecule has 3 heteroatoms. The third kappa shape index (κ3) is 1.35. The Morgan fingerprint density at radius 3 is 2.81 bits per heavy atom. The van der Waals surface area contributed by atoms with Gasteiger partial charge in [-0.15, -0.1) is 0 Å². The first-order valence-corrected chi connectivity index (χ1v) is 6.42. The van der Waals surface area contributed by atoms with Crippen LogP contribution in [-0.2, 0) is 5.41 Å². The lowest BCUT2D eigenvalue weighted by Gasteiger charge is -2.41. The summed E-state index contributed by atoms with van der Waals surface area (Å²) in [4.78, 5) is 0. The van der Waals surface area contributed by atoms with Crippen LogP contribution in [0.4, 0.5) is 0 Å². The maximum atomic E-state index is 5.92. The highest BCUT2D eigenvalue weighted by Crippen LogP contribution is 2.44. The molecule has 84 valence electrons. The Morgan fingerprint density at radius 2 is 2.19 bits per heavy atom. The third-order valence-electron chi connectivity index (χ3n) is 3.84. The molecule has 2 nitrogen and oxygen atoms in total. The molecule has 1 aliphatic carbocycles. The third-order valence-corrected chi connectivity index (χ3v) is 4.45. The van der Waals surface area contributed by atoms with Gasteiger partial charge in [-0.25, -0.2) is 0 Å². The first-order chi connectivity index (χ1) is 7.75. The van der Waals surface area contributed by atoms with E-state index in [1.165, 1.54) is 24.8 Å². The quantitative estimate of drug-likeness (QED) is 0.913. The van der Waals surface area contributed by atoms with Gasteiger partial charge in [0.05, 0.1) is 4.47 Å². The minimum Gasteiger partial charge on any atom is -0.463 e. The van der Waals surface area contributed by atoms with E-state index < -0.39 is 0 Å². The SMILES string of the molecule is NCC1(c2ccc3occ(Br)c3c2)CCC1. The Kier molecular flexibility index (Phi) is 2.33. The molecule has 0 aliphatic heterocycles. The zero-order valence-electron chi connectivity index (χ0n) is 9.00. The highest BCUT2D eigenvalue weighted by molar-refractivity contribution is 9.10. The molecule has 0 unspecified atom stereocenters. The van der Waals surface area contributed by atoms with Crippen molar-refractivity contribution in [3.05, 3.63) is 34.5 Å². The van der Waals surface area contributed by atoms with Crippen LogP contribution >= 0.6 is 15.9 Å². The van der Waals surface area contributed by atoms with E-state index in [1.54, 1.807) is 6.26 Å². The molecule has 0 amide bonds. The fourth-order valence-corrected chi connectivity index (χ4v) is 2.95. The zero-order valence-corrected chi connectivity index (χ0v) is 10.6. The van der Waals surface area contributed by atoms with Gasteiger partial charge in [0.25, 0.3) is 0 Å². The van der Waals surface area contributed by atoms with Gasteiger partial charge in [0.2, 0.25) is 0 Å². The summed E-state index contributed by atoms with van der Waals surface area (Å²) in [5, 5.41) is 1.15.